The average molecular weight is 359 g/mol. The molecule has 0 spiro atoms. The van der Waals surface area contributed by atoms with E-state index in [-0.39, 0.29) is 30.4 Å². The van der Waals surface area contributed by atoms with Crippen LogP contribution in [0.25, 0.3) is 0 Å². The molecule has 0 aromatic carbocycles. The van der Waals surface area contributed by atoms with E-state index >= 15 is 0 Å². The van der Waals surface area contributed by atoms with E-state index in [2.05, 4.69) is 38.8 Å². The second-order valence-electron chi connectivity index (χ2n) is 8.32. The van der Waals surface area contributed by atoms with Crippen molar-refractivity contribution in [2.75, 3.05) is 12.3 Å². The van der Waals surface area contributed by atoms with Crippen molar-refractivity contribution in [3.05, 3.63) is 23.5 Å². The smallest absolute Gasteiger partial charge is 0.254 e. The molecule has 1 aromatic heterocycles. The third kappa shape index (κ3) is 5.52. The zero-order chi connectivity index (χ0) is 18.8. The Morgan fingerprint density at radius 1 is 1.25 bits per heavy atom. The first kappa shape index (κ1) is 21.0. The van der Waals surface area contributed by atoms with E-state index in [0.29, 0.717) is 16.9 Å². The molecule has 0 radical (unpaired) electrons. The normalized spacial score (nSPS) is 13.6. The summed E-state index contributed by atoms with van der Waals surface area (Å²) in [5, 5.41) is 0.0178. The Balaban J connectivity index is 2.73. The van der Waals surface area contributed by atoms with Gasteiger partial charge in [0.15, 0.2) is 8.32 Å². The molecule has 3 nitrogen and oxygen atoms in total. The van der Waals surface area contributed by atoms with Crippen LogP contribution in [0.3, 0.4) is 0 Å². The number of rotatable bonds is 7. The summed E-state index contributed by atoms with van der Waals surface area (Å²) in [5.41, 5.74) is 7.56. The Hall–Kier alpha value is -1.01. The number of alkyl halides is 2. The van der Waals surface area contributed by atoms with Crippen LogP contribution >= 0.6 is 0 Å². The number of hydrogen-bond donors (Lipinski definition) is 1. The Morgan fingerprint density at radius 3 is 2.33 bits per heavy atom. The van der Waals surface area contributed by atoms with Crippen molar-refractivity contribution in [2.45, 2.75) is 77.4 Å². The second-order valence-corrected chi connectivity index (χ2v) is 13.1. The molecule has 1 rings (SSSR count). The molecular formula is C18H32F2N2OSi. The van der Waals surface area contributed by atoms with Crippen molar-refractivity contribution in [2.24, 2.45) is 0 Å². The second kappa shape index (κ2) is 7.48. The molecule has 0 unspecified atom stereocenters. The summed E-state index contributed by atoms with van der Waals surface area (Å²) in [6.45, 7) is 14.4. The van der Waals surface area contributed by atoms with Gasteiger partial charge in [0.25, 0.3) is 5.92 Å². The fraction of sp³-hybridized carbons (Fsp3) is 0.722. The molecule has 0 aliphatic heterocycles. The number of pyridine rings is 1. The number of nitrogens with zero attached hydrogens (tertiary/aromatic N) is 1. The molecule has 0 atom stereocenters. The van der Waals surface area contributed by atoms with Gasteiger partial charge in [-0.2, -0.15) is 0 Å². The van der Waals surface area contributed by atoms with Gasteiger partial charge in [-0.3, -0.25) is 4.98 Å². The molecule has 1 aromatic rings. The molecule has 0 aliphatic rings. The number of hydrogen-bond acceptors (Lipinski definition) is 3. The van der Waals surface area contributed by atoms with Gasteiger partial charge < -0.3 is 10.2 Å². The summed E-state index contributed by atoms with van der Waals surface area (Å²) in [6, 6.07) is 1.59. The van der Waals surface area contributed by atoms with Crippen LogP contribution in [0.5, 0.6) is 0 Å². The summed E-state index contributed by atoms with van der Waals surface area (Å²) in [7, 11) is -2.00. The standard InChI is InChI=1S/C18H32F2N2OSi/c1-13(2)16-15(21)14(8-10-22-16)12-18(19,20)9-11-23-24(6,7)17(3,4)5/h8,10,13H,9,11-12,21H2,1-7H3. The number of aromatic nitrogens is 1. The fourth-order valence-electron chi connectivity index (χ4n) is 2.18. The molecule has 24 heavy (non-hydrogen) atoms. The lowest BCUT2D eigenvalue weighted by Gasteiger charge is -2.36. The molecular weight excluding hydrogens is 326 g/mol. The molecule has 138 valence electrons. The highest BCUT2D eigenvalue weighted by Gasteiger charge is 2.38. The molecule has 0 aliphatic carbocycles. The highest BCUT2D eigenvalue weighted by Crippen LogP contribution is 2.37. The maximum atomic E-state index is 14.4. The first-order chi connectivity index (χ1) is 10.8. The summed E-state index contributed by atoms with van der Waals surface area (Å²) >= 11 is 0. The molecule has 2 N–H and O–H groups in total. The van der Waals surface area contributed by atoms with E-state index in [4.69, 9.17) is 10.2 Å². The van der Waals surface area contributed by atoms with Crippen molar-refractivity contribution in [3.8, 4) is 0 Å². The van der Waals surface area contributed by atoms with E-state index in [1.165, 1.54) is 0 Å². The Labute approximate surface area is 146 Å². The van der Waals surface area contributed by atoms with Crippen LogP contribution < -0.4 is 5.73 Å². The maximum absolute atomic E-state index is 14.4. The van der Waals surface area contributed by atoms with Crippen LogP contribution in [-0.4, -0.2) is 25.8 Å². The lowest BCUT2D eigenvalue weighted by atomic mass is 9.99. The number of anilines is 1. The Morgan fingerprint density at radius 2 is 1.83 bits per heavy atom. The van der Waals surface area contributed by atoms with Gasteiger partial charge in [-0.25, -0.2) is 8.78 Å². The number of halogens is 2. The lowest BCUT2D eigenvalue weighted by molar-refractivity contribution is -0.0190. The minimum atomic E-state index is -2.84. The largest absolute Gasteiger partial charge is 0.417 e. The van der Waals surface area contributed by atoms with Gasteiger partial charge in [0, 0.05) is 25.6 Å². The van der Waals surface area contributed by atoms with Crippen LogP contribution in [0.15, 0.2) is 12.3 Å². The van der Waals surface area contributed by atoms with Gasteiger partial charge in [0.1, 0.15) is 0 Å². The minimum absolute atomic E-state index is 0.0178. The topological polar surface area (TPSA) is 48.1 Å². The monoisotopic (exact) mass is 358 g/mol. The third-order valence-electron chi connectivity index (χ3n) is 4.84. The van der Waals surface area contributed by atoms with Crippen LogP contribution in [-0.2, 0) is 10.8 Å². The third-order valence-corrected chi connectivity index (χ3v) is 9.38. The Kier molecular flexibility index (Phi) is 6.55. The molecule has 0 amide bonds. The maximum Gasteiger partial charge on any atom is 0.254 e. The number of nitrogens with two attached hydrogens (primary N) is 1. The summed E-state index contributed by atoms with van der Waals surface area (Å²) in [6.07, 6.45) is 0.892. The van der Waals surface area contributed by atoms with Crippen LogP contribution in [0.1, 0.15) is 58.2 Å². The molecule has 0 bridgehead atoms. The van der Waals surface area contributed by atoms with Crippen LogP contribution in [0.4, 0.5) is 14.5 Å². The van der Waals surface area contributed by atoms with E-state index in [9.17, 15) is 8.78 Å². The predicted molar refractivity (Wildman–Crippen MR) is 99.2 cm³/mol. The highest BCUT2D eigenvalue weighted by atomic mass is 28.4. The lowest BCUT2D eigenvalue weighted by Crippen LogP contribution is -2.41. The van der Waals surface area contributed by atoms with Gasteiger partial charge >= 0.3 is 0 Å². The first-order valence-corrected chi connectivity index (χ1v) is 11.4. The van der Waals surface area contributed by atoms with Gasteiger partial charge in [-0.1, -0.05) is 34.6 Å². The van der Waals surface area contributed by atoms with E-state index in [1.807, 2.05) is 13.8 Å². The van der Waals surface area contributed by atoms with Gasteiger partial charge in [-0.05, 0) is 35.7 Å². The van der Waals surface area contributed by atoms with Gasteiger partial charge in [-0.15, -0.1) is 0 Å². The zero-order valence-corrected chi connectivity index (χ0v) is 17.0. The zero-order valence-electron chi connectivity index (χ0n) is 16.0. The van der Waals surface area contributed by atoms with Crippen molar-refractivity contribution in [3.63, 3.8) is 0 Å². The highest BCUT2D eigenvalue weighted by molar-refractivity contribution is 6.74. The Bertz CT molecular complexity index is 554. The van der Waals surface area contributed by atoms with E-state index < -0.39 is 14.2 Å². The van der Waals surface area contributed by atoms with Crippen molar-refractivity contribution < 1.29 is 13.2 Å². The minimum Gasteiger partial charge on any atom is -0.417 e. The van der Waals surface area contributed by atoms with Crippen LogP contribution in [0.2, 0.25) is 18.1 Å². The van der Waals surface area contributed by atoms with Crippen molar-refractivity contribution in [1.29, 1.82) is 0 Å². The van der Waals surface area contributed by atoms with Crippen molar-refractivity contribution in [1.82, 2.24) is 4.98 Å². The van der Waals surface area contributed by atoms with Gasteiger partial charge in [0.05, 0.1) is 11.4 Å². The predicted octanol–water partition coefficient (Wildman–Crippen LogP) is 5.38. The molecule has 6 heteroatoms. The molecule has 1 heterocycles. The molecule has 0 saturated heterocycles. The quantitative estimate of drug-likeness (QED) is 0.666. The first-order valence-electron chi connectivity index (χ1n) is 8.52. The number of nitrogen functional groups attached to an aromatic ring is 1. The van der Waals surface area contributed by atoms with E-state index in [0.717, 1.165) is 0 Å². The SMILES string of the molecule is CC(C)c1nccc(CC(F)(F)CCO[Si](C)(C)C(C)(C)C)c1N. The summed E-state index contributed by atoms with van der Waals surface area (Å²) in [5.74, 6) is -2.73. The molecule has 0 saturated carbocycles. The summed E-state index contributed by atoms with van der Waals surface area (Å²) in [4.78, 5) is 4.20. The van der Waals surface area contributed by atoms with Crippen LogP contribution in [0, 0.1) is 0 Å². The van der Waals surface area contributed by atoms with E-state index in [1.54, 1.807) is 12.3 Å². The molecule has 0 fully saturated rings. The average Bonchev–Trinajstić information content (AvgIpc) is 2.38. The summed E-state index contributed by atoms with van der Waals surface area (Å²) < 4.78 is 34.6. The van der Waals surface area contributed by atoms with Crippen molar-refractivity contribution >= 4 is 14.0 Å². The van der Waals surface area contributed by atoms with Gasteiger partial charge in [0.2, 0.25) is 0 Å². The fourth-order valence-corrected chi connectivity index (χ4v) is 3.23.